The Balaban J connectivity index is 2.01. The van der Waals surface area contributed by atoms with E-state index in [4.69, 9.17) is 5.73 Å². The minimum Gasteiger partial charge on any atom is -0.364 e. The van der Waals surface area contributed by atoms with E-state index >= 15 is 0 Å². The summed E-state index contributed by atoms with van der Waals surface area (Å²) in [6.07, 6.45) is 4.91. The van der Waals surface area contributed by atoms with Crippen molar-refractivity contribution in [1.82, 2.24) is 0 Å². The van der Waals surface area contributed by atoms with Crippen LogP contribution >= 0.6 is 15.9 Å². The molecule has 3 heteroatoms. The standard InChI is InChI=1S/C15H21BrN2/c1-9-5-10(2)15(14(16)6-9)18-12-3-4-13(18)8-11(17)7-12/h5-6,11-13H,3-4,7-8,17H2,1-2H3. The number of nitrogens with two attached hydrogens (primary N) is 1. The summed E-state index contributed by atoms with van der Waals surface area (Å²) in [6, 6.07) is 6.22. The van der Waals surface area contributed by atoms with Crippen molar-refractivity contribution in [3.63, 3.8) is 0 Å². The lowest BCUT2D eigenvalue weighted by Crippen LogP contribution is -2.48. The number of aryl methyl sites for hydroxylation is 2. The van der Waals surface area contributed by atoms with Gasteiger partial charge < -0.3 is 10.6 Å². The van der Waals surface area contributed by atoms with Crippen LogP contribution in [0.2, 0.25) is 0 Å². The predicted octanol–water partition coefficient (Wildman–Crippen LogP) is 3.52. The Morgan fingerprint density at radius 1 is 1.17 bits per heavy atom. The van der Waals surface area contributed by atoms with E-state index in [1.54, 1.807) is 0 Å². The first-order chi connectivity index (χ1) is 8.56. The number of nitrogens with zero attached hydrogens (tertiary/aromatic N) is 1. The van der Waals surface area contributed by atoms with Gasteiger partial charge in [-0.25, -0.2) is 0 Å². The van der Waals surface area contributed by atoms with Gasteiger partial charge in [0.1, 0.15) is 0 Å². The lowest BCUT2D eigenvalue weighted by molar-refractivity contribution is 0.414. The molecule has 18 heavy (non-hydrogen) atoms. The lowest BCUT2D eigenvalue weighted by atomic mass is 9.96. The SMILES string of the molecule is Cc1cc(C)c(N2C3CCC2CC(N)C3)c(Br)c1. The van der Waals surface area contributed by atoms with Gasteiger partial charge in [-0.3, -0.25) is 0 Å². The smallest absolute Gasteiger partial charge is 0.0545 e. The molecule has 2 heterocycles. The molecular weight excluding hydrogens is 288 g/mol. The molecule has 2 aliphatic rings. The quantitative estimate of drug-likeness (QED) is 0.860. The molecule has 2 N–H and O–H groups in total. The fourth-order valence-corrected chi connectivity index (χ4v) is 4.70. The third kappa shape index (κ3) is 1.97. The molecule has 0 aliphatic carbocycles. The zero-order valence-corrected chi connectivity index (χ0v) is 12.7. The molecule has 2 unspecified atom stereocenters. The van der Waals surface area contributed by atoms with Gasteiger partial charge in [-0.1, -0.05) is 6.07 Å². The molecule has 0 spiro atoms. The number of anilines is 1. The molecule has 98 valence electrons. The Labute approximate surface area is 118 Å². The molecule has 2 saturated heterocycles. The predicted molar refractivity (Wildman–Crippen MR) is 80.1 cm³/mol. The maximum Gasteiger partial charge on any atom is 0.0545 e. The van der Waals surface area contributed by atoms with Crippen molar-refractivity contribution in [1.29, 1.82) is 0 Å². The summed E-state index contributed by atoms with van der Waals surface area (Å²) in [5, 5.41) is 0. The van der Waals surface area contributed by atoms with Crippen molar-refractivity contribution < 1.29 is 0 Å². The third-order valence-electron chi connectivity index (χ3n) is 4.43. The van der Waals surface area contributed by atoms with Gasteiger partial charge in [0.05, 0.1) is 5.69 Å². The fourth-order valence-electron chi connectivity index (χ4n) is 3.82. The van der Waals surface area contributed by atoms with Crippen LogP contribution in [0.1, 0.15) is 36.8 Å². The number of benzene rings is 1. The Kier molecular flexibility index (Phi) is 3.15. The first-order valence-corrected chi connectivity index (χ1v) is 7.66. The summed E-state index contributed by atoms with van der Waals surface area (Å²) in [5.74, 6) is 0. The van der Waals surface area contributed by atoms with Crippen molar-refractivity contribution in [2.75, 3.05) is 4.90 Å². The number of halogens is 1. The van der Waals surface area contributed by atoms with Gasteiger partial charge in [0, 0.05) is 22.6 Å². The number of hydrogen-bond acceptors (Lipinski definition) is 2. The van der Waals surface area contributed by atoms with Gasteiger partial charge in [-0.2, -0.15) is 0 Å². The van der Waals surface area contributed by atoms with Gasteiger partial charge in [0.2, 0.25) is 0 Å². The third-order valence-corrected chi connectivity index (χ3v) is 5.03. The van der Waals surface area contributed by atoms with Crippen LogP contribution in [-0.4, -0.2) is 18.1 Å². The Hall–Kier alpha value is -0.540. The minimum absolute atomic E-state index is 0.406. The number of fused-ring (bicyclic) bond motifs is 2. The highest BCUT2D eigenvalue weighted by Crippen LogP contribution is 2.43. The summed E-state index contributed by atoms with van der Waals surface area (Å²) in [5.41, 5.74) is 10.3. The van der Waals surface area contributed by atoms with Gasteiger partial charge in [-0.15, -0.1) is 0 Å². The Morgan fingerprint density at radius 3 is 2.33 bits per heavy atom. The molecule has 2 atom stereocenters. The van der Waals surface area contributed by atoms with Crippen LogP contribution in [0.25, 0.3) is 0 Å². The lowest BCUT2D eigenvalue weighted by Gasteiger charge is -2.41. The van der Waals surface area contributed by atoms with E-state index in [1.165, 1.54) is 34.1 Å². The molecular formula is C15H21BrN2. The average Bonchev–Trinajstić information content (AvgIpc) is 2.53. The molecule has 0 amide bonds. The molecule has 0 saturated carbocycles. The highest BCUT2D eigenvalue weighted by Gasteiger charge is 2.40. The van der Waals surface area contributed by atoms with Crippen LogP contribution in [0, 0.1) is 13.8 Å². The van der Waals surface area contributed by atoms with Crippen LogP contribution in [0.4, 0.5) is 5.69 Å². The second-order valence-electron chi connectivity index (χ2n) is 5.94. The maximum atomic E-state index is 6.16. The van der Waals surface area contributed by atoms with E-state index in [9.17, 15) is 0 Å². The summed E-state index contributed by atoms with van der Waals surface area (Å²) >= 11 is 3.76. The number of hydrogen-bond donors (Lipinski definition) is 1. The molecule has 2 nitrogen and oxygen atoms in total. The molecule has 0 radical (unpaired) electrons. The van der Waals surface area contributed by atoms with Crippen LogP contribution < -0.4 is 10.6 Å². The van der Waals surface area contributed by atoms with Crippen molar-refractivity contribution in [2.45, 2.75) is 57.7 Å². The van der Waals surface area contributed by atoms with E-state index < -0.39 is 0 Å². The van der Waals surface area contributed by atoms with E-state index in [1.807, 2.05) is 0 Å². The first-order valence-electron chi connectivity index (χ1n) is 6.87. The zero-order chi connectivity index (χ0) is 12.9. The Bertz CT molecular complexity index is 435. The molecule has 1 aromatic carbocycles. The van der Waals surface area contributed by atoms with E-state index in [2.05, 4.69) is 46.8 Å². The number of rotatable bonds is 1. The minimum atomic E-state index is 0.406. The van der Waals surface area contributed by atoms with Crippen molar-refractivity contribution in [3.8, 4) is 0 Å². The van der Waals surface area contributed by atoms with Crippen LogP contribution in [0.15, 0.2) is 16.6 Å². The second kappa shape index (κ2) is 4.53. The van der Waals surface area contributed by atoms with E-state index in [0.29, 0.717) is 18.1 Å². The van der Waals surface area contributed by atoms with E-state index in [0.717, 1.165) is 12.8 Å². The monoisotopic (exact) mass is 308 g/mol. The largest absolute Gasteiger partial charge is 0.364 e. The van der Waals surface area contributed by atoms with Gasteiger partial charge in [-0.05, 0) is 72.7 Å². The van der Waals surface area contributed by atoms with Gasteiger partial charge in [0.25, 0.3) is 0 Å². The highest BCUT2D eigenvalue weighted by atomic mass is 79.9. The van der Waals surface area contributed by atoms with Crippen LogP contribution in [-0.2, 0) is 0 Å². The normalized spacial score (nSPS) is 30.9. The van der Waals surface area contributed by atoms with E-state index in [-0.39, 0.29) is 0 Å². The highest BCUT2D eigenvalue weighted by molar-refractivity contribution is 9.10. The summed E-state index contributed by atoms with van der Waals surface area (Å²) in [4.78, 5) is 2.64. The zero-order valence-electron chi connectivity index (χ0n) is 11.1. The fraction of sp³-hybridized carbons (Fsp3) is 0.600. The maximum absolute atomic E-state index is 6.16. The Morgan fingerprint density at radius 2 is 1.78 bits per heavy atom. The topological polar surface area (TPSA) is 29.3 Å². The van der Waals surface area contributed by atoms with Crippen LogP contribution in [0.5, 0.6) is 0 Å². The molecule has 2 fully saturated rings. The molecule has 2 bridgehead atoms. The van der Waals surface area contributed by atoms with Gasteiger partial charge in [0.15, 0.2) is 0 Å². The summed E-state index contributed by atoms with van der Waals surface area (Å²) in [6.45, 7) is 4.38. The van der Waals surface area contributed by atoms with Crippen LogP contribution in [0.3, 0.4) is 0 Å². The molecule has 1 aromatic rings. The second-order valence-corrected chi connectivity index (χ2v) is 6.79. The molecule has 0 aromatic heterocycles. The summed E-state index contributed by atoms with van der Waals surface area (Å²) in [7, 11) is 0. The number of piperidine rings is 1. The van der Waals surface area contributed by atoms with Crippen molar-refractivity contribution in [3.05, 3.63) is 27.7 Å². The van der Waals surface area contributed by atoms with Crippen molar-refractivity contribution in [2.24, 2.45) is 5.73 Å². The molecule has 3 rings (SSSR count). The molecule has 2 aliphatic heterocycles. The first kappa shape index (κ1) is 12.5. The summed E-state index contributed by atoms with van der Waals surface area (Å²) < 4.78 is 1.24. The average molecular weight is 309 g/mol. The van der Waals surface area contributed by atoms with Crippen molar-refractivity contribution >= 4 is 21.6 Å². The van der Waals surface area contributed by atoms with Gasteiger partial charge >= 0.3 is 0 Å².